The minimum atomic E-state index is -0.500. The molecule has 0 bridgehead atoms. The first-order chi connectivity index (χ1) is 5.20. The predicted octanol–water partition coefficient (Wildman–Crippen LogP) is -3.05. The monoisotopic (exact) mass is 175 g/mol. The van der Waals surface area contributed by atoms with Gasteiger partial charge in [0.25, 0.3) is 0 Å². The molecule has 0 heterocycles. The molecule has 0 radical (unpaired) electrons. The number of benzene rings is 1. The summed E-state index contributed by atoms with van der Waals surface area (Å²) in [6.07, 6.45) is 0. The largest absolute Gasteiger partial charge is 1.00 e. The molecule has 0 fully saturated rings. The number of nitrogen functional groups attached to an aromatic ring is 1. The summed E-state index contributed by atoms with van der Waals surface area (Å²) in [4.78, 5) is 8.25. The van der Waals surface area contributed by atoms with Crippen molar-refractivity contribution >= 4 is 12.2 Å². The second-order valence-corrected chi connectivity index (χ2v) is 2.01. The van der Waals surface area contributed by atoms with Crippen molar-refractivity contribution in [1.82, 2.24) is 0 Å². The second kappa shape index (κ2) is 8.59. The second-order valence-electron chi connectivity index (χ2n) is 2.01. The molecule has 1 aromatic rings. The van der Waals surface area contributed by atoms with Gasteiger partial charge in [0.2, 0.25) is 0 Å². The molecule has 0 unspecified atom stereocenters. The summed E-state index contributed by atoms with van der Waals surface area (Å²) >= 11 is 0. The number of rotatable bonds is 0. The van der Waals surface area contributed by atoms with Crippen LogP contribution >= 0.6 is 0 Å². The molecular weight excluding hydrogens is 165 g/mol. The number of hydrogen-bond donors (Lipinski definition) is 1. The van der Waals surface area contributed by atoms with E-state index in [0.717, 1.165) is 5.69 Å². The van der Waals surface area contributed by atoms with Crippen LogP contribution in [-0.2, 0) is 4.79 Å². The van der Waals surface area contributed by atoms with Crippen molar-refractivity contribution in [3.63, 3.8) is 0 Å². The molecular formula is C8H10NNaO2. The summed E-state index contributed by atoms with van der Waals surface area (Å²) in [6.45, 7) is 1.54. The zero-order valence-corrected chi connectivity index (χ0v) is 9.28. The van der Waals surface area contributed by atoms with Crippen molar-refractivity contribution in [3.05, 3.63) is 29.8 Å². The standard InChI is InChI=1S/C7H9N.CH2O2.Na/c1-6-2-4-7(8)5-3-6;2-1-3;/h2-5H,8H2,1H3;1H,(H,2,3);/q;;+1/p-1. The molecule has 0 spiro atoms. The number of carboxylic acid groups (broad SMARTS) is 1. The Morgan fingerprint density at radius 2 is 1.67 bits per heavy atom. The fourth-order valence-electron chi connectivity index (χ4n) is 0.566. The summed E-state index contributed by atoms with van der Waals surface area (Å²) in [5.41, 5.74) is 7.51. The molecule has 0 aliphatic rings. The van der Waals surface area contributed by atoms with Crippen molar-refractivity contribution in [2.75, 3.05) is 5.73 Å². The van der Waals surface area contributed by atoms with Crippen molar-refractivity contribution in [2.45, 2.75) is 6.92 Å². The third-order valence-corrected chi connectivity index (χ3v) is 1.08. The molecule has 4 heteroatoms. The van der Waals surface area contributed by atoms with Gasteiger partial charge in [0.15, 0.2) is 0 Å². The van der Waals surface area contributed by atoms with Crippen LogP contribution in [0.4, 0.5) is 5.69 Å². The number of nitrogens with two attached hydrogens (primary N) is 1. The van der Waals surface area contributed by atoms with Gasteiger partial charge in [-0.15, -0.1) is 0 Å². The Bertz CT molecular complexity index is 190. The molecule has 0 aliphatic heterocycles. The van der Waals surface area contributed by atoms with E-state index >= 15 is 0 Å². The molecule has 12 heavy (non-hydrogen) atoms. The number of aryl methyl sites for hydroxylation is 1. The van der Waals surface area contributed by atoms with E-state index in [2.05, 4.69) is 0 Å². The van der Waals surface area contributed by atoms with Crippen LogP contribution in [-0.4, -0.2) is 6.47 Å². The van der Waals surface area contributed by atoms with Crippen LogP contribution in [0.15, 0.2) is 24.3 Å². The van der Waals surface area contributed by atoms with Gasteiger partial charge in [-0.2, -0.15) is 0 Å². The summed E-state index contributed by atoms with van der Waals surface area (Å²) < 4.78 is 0. The van der Waals surface area contributed by atoms with Crippen molar-refractivity contribution in [3.8, 4) is 0 Å². The molecule has 0 aliphatic carbocycles. The molecule has 0 saturated heterocycles. The first-order valence-corrected chi connectivity index (χ1v) is 3.08. The third kappa shape index (κ3) is 7.60. The Balaban J connectivity index is 0. The first-order valence-electron chi connectivity index (χ1n) is 3.08. The van der Waals surface area contributed by atoms with E-state index in [9.17, 15) is 0 Å². The predicted molar refractivity (Wildman–Crippen MR) is 41.7 cm³/mol. The van der Waals surface area contributed by atoms with E-state index in [4.69, 9.17) is 15.6 Å². The van der Waals surface area contributed by atoms with Gasteiger partial charge < -0.3 is 15.6 Å². The maximum atomic E-state index is 8.25. The number of carbonyl (C=O) groups is 1. The summed E-state index contributed by atoms with van der Waals surface area (Å²) in [7, 11) is 0. The van der Waals surface area contributed by atoms with E-state index in [-0.39, 0.29) is 29.6 Å². The molecule has 0 aromatic heterocycles. The normalized spacial score (nSPS) is 7.08. The molecule has 0 saturated carbocycles. The van der Waals surface area contributed by atoms with E-state index < -0.39 is 6.47 Å². The van der Waals surface area contributed by atoms with Crippen LogP contribution in [0.1, 0.15) is 5.56 Å². The van der Waals surface area contributed by atoms with Gasteiger partial charge in [-0.25, -0.2) is 0 Å². The van der Waals surface area contributed by atoms with Crippen LogP contribution in [0.5, 0.6) is 0 Å². The van der Waals surface area contributed by atoms with Gasteiger partial charge >= 0.3 is 29.6 Å². The molecule has 60 valence electrons. The minimum absolute atomic E-state index is 0. The number of hydrogen-bond acceptors (Lipinski definition) is 3. The fraction of sp³-hybridized carbons (Fsp3) is 0.125. The quantitative estimate of drug-likeness (QED) is 0.259. The smallest absolute Gasteiger partial charge is 0.554 e. The average Bonchev–Trinajstić information content (AvgIpc) is 1.97. The van der Waals surface area contributed by atoms with Crippen LogP contribution in [0, 0.1) is 6.92 Å². The van der Waals surface area contributed by atoms with Gasteiger partial charge in [0.05, 0.1) is 0 Å². The molecule has 0 amide bonds. The summed E-state index contributed by atoms with van der Waals surface area (Å²) in [5, 5.41) is 8.25. The Labute approximate surface area is 93.9 Å². The Morgan fingerprint density at radius 3 is 1.92 bits per heavy atom. The minimum Gasteiger partial charge on any atom is -0.554 e. The van der Waals surface area contributed by atoms with Crippen LogP contribution in [0.3, 0.4) is 0 Å². The molecule has 0 atom stereocenters. The van der Waals surface area contributed by atoms with Gasteiger partial charge in [-0.3, -0.25) is 0 Å². The Morgan fingerprint density at radius 1 is 1.33 bits per heavy atom. The average molecular weight is 175 g/mol. The van der Waals surface area contributed by atoms with Crippen molar-refractivity contribution in [2.24, 2.45) is 0 Å². The number of anilines is 1. The summed E-state index contributed by atoms with van der Waals surface area (Å²) in [5.74, 6) is 0. The van der Waals surface area contributed by atoms with Gasteiger partial charge in [-0.1, -0.05) is 17.7 Å². The van der Waals surface area contributed by atoms with E-state index in [1.165, 1.54) is 5.56 Å². The third-order valence-electron chi connectivity index (χ3n) is 1.08. The van der Waals surface area contributed by atoms with Crippen LogP contribution in [0.25, 0.3) is 0 Å². The summed E-state index contributed by atoms with van der Waals surface area (Å²) in [6, 6.07) is 7.79. The number of carbonyl (C=O) groups excluding carboxylic acids is 1. The molecule has 1 aromatic carbocycles. The van der Waals surface area contributed by atoms with Crippen molar-refractivity contribution in [1.29, 1.82) is 0 Å². The van der Waals surface area contributed by atoms with E-state index in [0.29, 0.717) is 0 Å². The molecule has 2 N–H and O–H groups in total. The zero-order valence-electron chi connectivity index (χ0n) is 7.28. The fourth-order valence-corrected chi connectivity index (χ4v) is 0.566. The molecule has 1 rings (SSSR count). The topological polar surface area (TPSA) is 66.2 Å². The van der Waals surface area contributed by atoms with Gasteiger partial charge in [0.1, 0.15) is 0 Å². The van der Waals surface area contributed by atoms with Crippen LogP contribution < -0.4 is 40.4 Å². The van der Waals surface area contributed by atoms with Crippen molar-refractivity contribution < 1.29 is 39.5 Å². The van der Waals surface area contributed by atoms with Gasteiger partial charge in [0, 0.05) is 12.2 Å². The zero-order chi connectivity index (χ0) is 8.69. The maximum absolute atomic E-state index is 8.25. The first kappa shape index (κ1) is 14.0. The van der Waals surface area contributed by atoms with E-state index in [1.807, 2.05) is 31.2 Å². The van der Waals surface area contributed by atoms with E-state index in [1.54, 1.807) is 0 Å². The Hall–Kier alpha value is -0.510. The SMILES string of the molecule is Cc1ccc(N)cc1.O=C[O-].[Na+]. The molecule has 3 nitrogen and oxygen atoms in total. The maximum Gasteiger partial charge on any atom is 1.00 e. The van der Waals surface area contributed by atoms with Gasteiger partial charge in [-0.05, 0) is 19.1 Å². The van der Waals surface area contributed by atoms with Crippen LogP contribution in [0.2, 0.25) is 0 Å². The Kier molecular flexibility index (Phi) is 10.0.